The summed E-state index contributed by atoms with van der Waals surface area (Å²) >= 11 is 0. The van der Waals surface area contributed by atoms with Crippen LogP contribution in [0.1, 0.15) is 23.3 Å². The van der Waals surface area contributed by atoms with Crippen LogP contribution in [0.5, 0.6) is 0 Å². The molecule has 1 aromatic heterocycles. The van der Waals surface area contributed by atoms with E-state index in [1.807, 2.05) is 0 Å². The van der Waals surface area contributed by atoms with Crippen molar-refractivity contribution < 1.29 is 14.3 Å². The number of rotatable bonds is 7. The van der Waals surface area contributed by atoms with E-state index in [-0.39, 0.29) is 48.6 Å². The van der Waals surface area contributed by atoms with E-state index in [4.69, 9.17) is 4.74 Å². The number of nitrogens with zero attached hydrogens (tertiary/aromatic N) is 1. The number of nitrogens with one attached hydrogen (secondary N) is 3. The molecule has 2 heterocycles. The first-order valence-electron chi connectivity index (χ1n) is 7.81. The molecular weight excluding hydrogens is 367 g/mol. The molecule has 2 rings (SSSR count). The van der Waals surface area contributed by atoms with Crippen molar-refractivity contribution in [2.75, 3.05) is 39.9 Å². The van der Waals surface area contributed by atoms with Crippen LogP contribution in [0.4, 0.5) is 0 Å². The summed E-state index contributed by atoms with van der Waals surface area (Å²) in [5.74, 6) is -0.558. The number of amides is 2. The second kappa shape index (κ2) is 12.0. The van der Waals surface area contributed by atoms with Crippen LogP contribution in [0.2, 0.25) is 0 Å². The highest BCUT2D eigenvalue weighted by Gasteiger charge is 2.32. The number of carbonyl (C=O) groups excluding carboxylic acids is 2. The van der Waals surface area contributed by atoms with E-state index in [9.17, 15) is 9.59 Å². The van der Waals surface area contributed by atoms with Crippen LogP contribution in [0.15, 0.2) is 24.4 Å². The summed E-state index contributed by atoms with van der Waals surface area (Å²) in [6.45, 7) is 2.97. The number of hydrogen-bond donors (Lipinski definition) is 3. The average Bonchev–Trinajstić information content (AvgIpc) is 2.60. The minimum atomic E-state index is -0.353. The first-order chi connectivity index (χ1) is 11.2. The Labute approximate surface area is 160 Å². The van der Waals surface area contributed by atoms with Gasteiger partial charge in [0.1, 0.15) is 5.69 Å². The van der Waals surface area contributed by atoms with Gasteiger partial charge in [0.05, 0.1) is 13.2 Å². The predicted octanol–water partition coefficient (Wildman–Crippen LogP) is 0.787. The van der Waals surface area contributed by atoms with Gasteiger partial charge < -0.3 is 20.7 Å². The molecular formula is C16H26Cl2N4O3. The van der Waals surface area contributed by atoms with E-state index >= 15 is 0 Å². The van der Waals surface area contributed by atoms with E-state index in [1.165, 1.54) is 0 Å². The number of pyridine rings is 1. The smallest absolute Gasteiger partial charge is 0.270 e. The number of aromatic nitrogens is 1. The van der Waals surface area contributed by atoms with Gasteiger partial charge in [0.2, 0.25) is 5.91 Å². The first kappa shape index (κ1) is 23.6. The summed E-state index contributed by atoms with van der Waals surface area (Å²) in [6.07, 6.45) is 3.46. The Morgan fingerprint density at radius 1 is 1.24 bits per heavy atom. The van der Waals surface area contributed by atoms with Gasteiger partial charge in [0.25, 0.3) is 5.91 Å². The number of ether oxygens (including phenoxy) is 1. The minimum absolute atomic E-state index is 0. The van der Waals surface area contributed by atoms with Crippen LogP contribution >= 0.6 is 24.8 Å². The maximum absolute atomic E-state index is 12.0. The zero-order valence-corrected chi connectivity index (χ0v) is 15.9. The van der Waals surface area contributed by atoms with Gasteiger partial charge >= 0.3 is 0 Å². The molecule has 1 aliphatic rings. The Kier molecular flexibility index (Phi) is 11.3. The Morgan fingerprint density at radius 3 is 2.56 bits per heavy atom. The van der Waals surface area contributed by atoms with Crippen molar-refractivity contribution in [2.45, 2.75) is 12.8 Å². The average molecular weight is 393 g/mol. The molecule has 2 amide bonds. The highest BCUT2D eigenvalue weighted by molar-refractivity contribution is 5.94. The lowest BCUT2D eigenvalue weighted by atomic mass is 9.79. The zero-order chi connectivity index (χ0) is 16.5. The highest BCUT2D eigenvalue weighted by Crippen LogP contribution is 2.28. The Bertz CT molecular complexity index is 520. The molecule has 0 saturated carbocycles. The van der Waals surface area contributed by atoms with Gasteiger partial charge in [-0.15, -0.1) is 24.8 Å². The van der Waals surface area contributed by atoms with Crippen molar-refractivity contribution in [3.05, 3.63) is 30.1 Å². The summed E-state index contributed by atoms with van der Waals surface area (Å²) < 4.78 is 5.32. The maximum Gasteiger partial charge on any atom is 0.270 e. The Morgan fingerprint density at radius 2 is 1.96 bits per heavy atom. The molecule has 1 aliphatic heterocycles. The van der Waals surface area contributed by atoms with Crippen molar-refractivity contribution in [3.63, 3.8) is 0 Å². The van der Waals surface area contributed by atoms with Gasteiger partial charge in [-0.2, -0.15) is 0 Å². The molecule has 0 unspecified atom stereocenters. The lowest BCUT2D eigenvalue weighted by molar-refractivity contribution is -0.121. The van der Waals surface area contributed by atoms with Gasteiger partial charge in [0.15, 0.2) is 0 Å². The quantitative estimate of drug-likeness (QED) is 0.637. The third kappa shape index (κ3) is 7.56. The van der Waals surface area contributed by atoms with E-state index in [1.54, 1.807) is 31.5 Å². The molecule has 0 radical (unpaired) electrons. The first-order valence-corrected chi connectivity index (χ1v) is 7.81. The van der Waals surface area contributed by atoms with Crippen LogP contribution in [-0.4, -0.2) is 56.7 Å². The largest absolute Gasteiger partial charge is 0.384 e. The van der Waals surface area contributed by atoms with Crippen molar-refractivity contribution >= 4 is 36.6 Å². The zero-order valence-electron chi connectivity index (χ0n) is 14.2. The summed E-state index contributed by atoms with van der Waals surface area (Å²) in [5.41, 5.74) is 0.273. The number of methoxy groups -OCH3 is 1. The molecule has 1 aromatic rings. The number of piperidine rings is 1. The van der Waals surface area contributed by atoms with Crippen molar-refractivity contribution in [1.82, 2.24) is 20.9 Å². The molecule has 0 aliphatic carbocycles. The number of halogens is 2. The summed E-state index contributed by atoms with van der Waals surface area (Å²) in [6, 6.07) is 5.07. The molecule has 3 N–H and O–H groups in total. The molecule has 0 aromatic carbocycles. The molecule has 142 valence electrons. The fourth-order valence-corrected chi connectivity index (χ4v) is 2.73. The SMILES string of the molecule is COCC1(CNC(=O)CNC(=O)c2ccccn2)CCNCC1.Cl.Cl. The molecule has 0 atom stereocenters. The van der Waals surface area contributed by atoms with Crippen LogP contribution < -0.4 is 16.0 Å². The topological polar surface area (TPSA) is 92.4 Å². The van der Waals surface area contributed by atoms with E-state index in [0.717, 1.165) is 25.9 Å². The minimum Gasteiger partial charge on any atom is -0.384 e. The molecule has 1 fully saturated rings. The second-order valence-corrected chi connectivity index (χ2v) is 5.86. The molecule has 7 nitrogen and oxygen atoms in total. The second-order valence-electron chi connectivity index (χ2n) is 5.86. The summed E-state index contributed by atoms with van der Waals surface area (Å²) in [5, 5.41) is 8.79. The van der Waals surface area contributed by atoms with Crippen LogP contribution in [0, 0.1) is 5.41 Å². The predicted molar refractivity (Wildman–Crippen MR) is 100 cm³/mol. The third-order valence-corrected chi connectivity index (χ3v) is 4.08. The summed E-state index contributed by atoms with van der Waals surface area (Å²) in [4.78, 5) is 27.7. The lowest BCUT2D eigenvalue weighted by Crippen LogP contribution is -2.48. The van der Waals surface area contributed by atoms with Gasteiger partial charge in [-0.1, -0.05) is 6.07 Å². The van der Waals surface area contributed by atoms with Crippen LogP contribution in [0.3, 0.4) is 0 Å². The van der Waals surface area contributed by atoms with Gasteiger partial charge in [-0.25, -0.2) is 0 Å². The maximum atomic E-state index is 12.0. The monoisotopic (exact) mass is 392 g/mol. The molecule has 1 saturated heterocycles. The Hall–Kier alpha value is -1.41. The van der Waals surface area contributed by atoms with Crippen molar-refractivity contribution in [3.8, 4) is 0 Å². The van der Waals surface area contributed by atoms with Crippen molar-refractivity contribution in [1.29, 1.82) is 0 Å². The van der Waals surface area contributed by atoms with E-state index in [2.05, 4.69) is 20.9 Å². The number of carbonyl (C=O) groups is 2. The lowest BCUT2D eigenvalue weighted by Gasteiger charge is -2.37. The fourth-order valence-electron chi connectivity index (χ4n) is 2.73. The van der Waals surface area contributed by atoms with E-state index in [0.29, 0.717) is 18.8 Å². The van der Waals surface area contributed by atoms with Crippen LogP contribution in [0.25, 0.3) is 0 Å². The highest BCUT2D eigenvalue weighted by atomic mass is 35.5. The molecule has 0 bridgehead atoms. The molecule has 25 heavy (non-hydrogen) atoms. The normalized spacial score (nSPS) is 15.2. The van der Waals surface area contributed by atoms with Gasteiger partial charge in [-0.3, -0.25) is 14.6 Å². The summed E-state index contributed by atoms with van der Waals surface area (Å²) in [7, 11) is 1.68. The van der Waals surface area contributed by atoms with Gasteiger partial charge in [0, 0.05) is 25.3 Å². The third-order valence-electron chi connectivity index (χ3n) is 4.08. The van der Waals surface area contributed by atoms with Gasteiger partial charge in [-0.05, 0) is 38.1 Å². The number of hydrogen-bond acceptors (Lipinski definition) is 5. The molecule has 9 heteroatoms. The Balaban J connectivity index is 0.00000288. The standard InChI is InChI=1S/C16H24N4O3.2ClH/c1-23-12-16(5-8-17-9-6-16)11-20-14(21)10-19-15(22)13-4-2-3-7-18-13;;/h2-4,7,17H,5-6,8-12H2,1H3,(H,19,22)(H,20,21);2*1H. The van der Waals surface area contributed by atoms with Crippen LogP contribution in [-0.2, 0) is 9.53 Å². The molecule has 0 spiro atoms. The van der Waals surface area contributed by atoms with Crippen molar-refractivity contribution in [2.24, 2.45) is 5.41 Å². The van der Waals surface area contributed by atoms with E-state index < -0.39 is 0 Å². The fraction of sp³-hybridized carbons (Fsp3) is 0.562.